The molecule has 1 aromatic rings. The van der Waals surface area contributed by atoms with Gasteiger partial charge in [-0.2, -0.15) is 0 Å². The zero-order valence-electron chi connectivity index (χ0n) is 10.2. The van der Waals surface area contributed by atoms with Gasteiger partial charge in [-0.05, 0) is 13.8 Å². The quantitative estimate of drug-likeness (QED) is 0.668. The van der Waals surface area contributed by atoms with Crippen LogP contribution in [-0.4, -0.2) is 41.3 Å². The van der Waals surface area contributed by atoms with Gasteiger partial charge in [-0.25, -0.2) is 4.98 Å². The molecule has 1 heterocycles. The summed E-state index contributed by atoms with van der Waals surface area (Å²) in [5.74, 6) is -0.424. The van der Waals surface area contributed by atoms with Crippen molar-refractivity contribution >= 4 is 5.97 Å². The molecule has 0 spiro atoms. The van der Waals surface area contributed by atoms with E-state index in [1.165, 1.54) is 0 Å². The minimum atomic E-state index is -0.681. The van der Waals surface area contributed by atoms with Gasteiger partial charge in [-0.3, -0.25) is 4.79 Å². The molecular weight excluding hydrogens is 222 g/mol. The highest BCUT2D eigenvalue weighted by atomic mass is 16.6. The van der Waals surface area contributed by atoms with Crippen molar-refractivity contribution in [3.63, 3.8) is 0 Å². The standard InChI is InChI=1S/C11H19N3O3/c1-3-16-6-8(2)17-11(15)10(12)4-9-5-13-7-14-9/h5,7-8,10H,3-4,6,12H2,1-2H3,(H,13,14)/t8?,10-/m1/s1. The molecule has 0 aliphatic carbocycles. The van der Waals surface area contributed by atoms with Crippen molar-refractivity contribution in [3.05, 3.63) is 18.2 Å². The fraction of sp³-hybridized carbons (Fsp3) is 0.636. The van der Waals surface area contributed by atoms with Crippen LogP contribution in [0.25, 0.3) is 0 Å². The van der Waals surface area contributed by atoms with Crippen LogP contribution >= 0.6 is 0 Å². The van der Waals surface area contributed by atoms with Crippen LogP contribution < -0.4 is 5.73 Å². The van der Waals surface area contributed by atoms with E-state index in [2.05, 4.69) is 9.97 Å². The molecule has 1 rings (SSSR count). The monoisotopic (exact) mass is 241 g/mol. The van der Waals surface area contributed by atoms with Gasteiger partial charge in [0.2, 0.25) is 0 Å². The van der Waals surface area contributed by atoms with E-state index in [0.717, 1.165) is 5.69 Å². The minimum absolute atomic E-state index is 0.282. The average Bonchev–Trinajstić information content (AvgIpc) is 2.78. The Morgan fingerprint density at radius 2 is 2.41 bits per heavy atom. The zero-order valence-corrected chi connectivity index (χ0v) is 10.2. The Labute approximate surface area is 101 Å². The first-order valence-electron chi connectivity index (χ1n) is 5.64. The number of rotatable bonds is 7. The van der Waals surface area contributed by atoms with E-state index in [-0.39, 0.29) is 6.10 Å². The highest BCUT2D eigenvalue weighted by molar-refractivity contribution is 5.75. The highest BCUT2D eigenvalue weighted by Crippen LogP contribution is 2.01. The van der Waals surface area contributed by atoms with Crippen LogP contribution in [0.1, 0.15) is 19.5 Å². The SMILES string of the molecule is CCOCC(C)OC(=O)[C@H](N)Cc1cnc[nH]1. The number of hydrogen-bond acceptors (Lipinski definition) is 5. The van der Waals surface area contributed by atoms with Crippen molar-refractivity contribution < 1.29 is 14.3 Å². The molecule has 96 valence electrons. The fourth-order valence-corrected chi connectivity index (χ4v) is 1.32. The number of aromatic amines is 1. The van der Waals surface area contributed by atoms with Gasteiger partial charge in [0.25, 0.3) is 0 Å². The van der Waals surface area contributed by atoms with Crippen molar-refractivity contribution in [3.8, 4) is 0 Å². The molecule has 17 heavy (non-hydrogen) atoms. The van der Waals surface area contributed by atoms with Crippen LogP contribution in [0.4, 0.5) is 0 Å². The van der Waals surface area contributed by atoms with Gasteiger partial charge in [0.05, 0.1) is 12.9 Å². The Morgan fingerprint density at radius 3 is 3.00 bits per heavy atom. The van der Waals surface area contributed by atoms with E-state index in [0.29, 0.717) is 19.6 Å². The summed E-state index contributed by atoms with van der Waals surface area (Å²) in [6.45, 7) is 4.65. The fourth-order valence-electron chi connectivity index (χ4n) is 1.32. The van der Waals surface area contributed by atoms with Crippen molar-refractivity contribution in [2.45, 2.75) is 32.4 Å². The lowest BCUT2D eigenvalue weighted by atomic mass is 10.2. The lowest BCUT2D eigenvalue weighted by molar-refractivity contribution is -0.152. The maximum atomic E-state index is 11.6. The van der Waals surface area contributed by atoms with Gasteiger partial charge in [0.1, 0.15) is 12.1 Å². The van der Waals surface area contributed by atoms with Gasteiger partial charge in [0.15, 0.2) is 0 Å². The van der Waals surface area contributed by atoms with E-state index in [4.69, 9.17) is 15.2 Å². The second kappa shape index (κ2) is 7.03. The van der Waals surface area contributed by atoms with E-state index in [9.17, 15) is 4.79 Å². The number of carbonyl (C=O) groups is 1. The van der Waals surface area contributed by atoms with Gasteiger partial charge in [0, 0.05) is 24.9 Å². The van der Waals surface area contributed by atoms with Crippen LogP contribution in [0.15, 0.2) is 12.5 Å². The molecule has 0 radical (unpaired) electrons. The third-order valence-electron chi connectivity index (χ3n) is 2.17. The van der Waals surface area contributed by atoms with Crippen molar-refractivity contribution in [1.82, 2.24) is 9.97 Å². The molecule has 0 bridgehead atoms. The summed E-state index contributed by atoms with van der Waals surface area (Å²) in [6, 6.07) is -0.681. The molecule has 0 aliphatic heterocycles. The van der Waals surface area contributed by atoms with Crippen molar-refractivity contribution in [1.29, 1.82) is 0 Å². The number of ether oxygens (including phenoxy) is 2. The Kier molecular flexibility index (Phi) is 5.65. The molecule has 2 atom stereocenters. The maximum Gasteiger partial charge on any atom is 0.323 e. The van der Waals surface area contributed by atoms with E-state index >= 15 is 0 Å². The largest absolute Gasteiger partial charge is 0.459 e. The predicted molar refractivity (Wildman–Crippen MR) is 62.3 cm³/mol. The lowest BCUT2D eigenvalue weighted by Crippen LogP contribution is -2.37. The van der Waals surface area contributed by atoms with Crippen LogP contribution in [-0.2, 0) is 20.7 Å². The number of esters is 1. The summed E-state index contributed by atoms with van der Waals surface area (Å²) < 4.78 is 10.3. The van der Waals surface area contributed by atoms with Crippen molar-refractivity contribution in [2.24, 2.45) is 5.73 Å². The number of carbonyl (C=O) groups excluding carboxylic acids is 1. The summed E-state index contributed by atoms with van der Waals surface area (Å²) in [4.78, 5) is 18.3. The smallest absolute Gasteiger partial charge is 0.323 e. The number of nitrogens with one attached hydrogen (secondary N) is 1. The second-order valence-corrected chi connectivity index (χ2v) is 3.79. The number of imidazole rings is 1. The van der Waals surface area contributed by atoms with Gasteiger partial charge in [-0.1, -0.05) is 0 Å². The summed E-state index contributed by atoms with van der Waals surface area (Å²) in [6.07, 6.45) is 3.29. The third kappa shape index (κ3) is 4.97. The minimum Gasteiger partial charge on any atom is -0.459 e. The van der Waals surface area contributed by atoms with Crippen LogP contribution in [0.2, 0.25) is 0 Å². The normalized spacial score (nSPS) is 14.3. The molecule has 0 aliphatic rings. The van der Waals surface area contributed by atoms with E-state index < -0.39 is 12.0 Å². The number of hydrogen-bond donors (Lipinski definition) is 2. The first-order valence-corrected chi connectivity index (χ1v) is 5.64. The summed E-state index contributed by atoms with van der Waals surface area (Å²) in [7, 11) is 0. The third-order valence-corrected chi connectivity index (χ3v) is 2.17. The molecule has 0 aromatic carbocycles. The number of aromatic nitrogens is 2. The number of nitrogens with zero attached hydrogens (tertiary/aromatic N) is 1. The van der Waals surface area contributed by atoms with Crippen LogP contribution in [0.3, 0.4) is 0 Å². The molecule has 0 amide bonds. The molecule has 3 N–H and O–H groups in total. The number of H-pyrrole nitrogens is 1. The molecule has 6 nitrogen and oxygen atoms in total. The lowest BCUT2D eigenvalue weighted by Gasteiger charge is -2.16. The Bertz CT molecular complexity index is 327. The van der Waals surface area contributed by atoms with Gasteiger partial charge >= 0.3 is 5.97 Å². The van der Waals surface area contributed by atoms with Crippen molar-refractivity contribution in [2.75, 3.05) is 13.2 Å². The second-order valence-electron chi connectivity index (χ2n) is 3.79. The molecule has 0 fully saturated rings. The first-order chi connectivity index (χ1) is 8.13. The van der Waals surface area contributed by atoms with Gasteiger partial charge < -0.3 is 20.2 Å². The molecule has 1 aromatic heterocycles. The summed E-state index contributed by atoms with van der Waals surface area (Å²) in [5.41, 5.74) is 6.53. The van der Waals surface area contributed by atoms with E-state index in [1.54, 1.807) is 19.4 Å². The van der Waals surface area contributed by atoms with Crippen LogP contribution in [0, 0.1) is 0 Å². The van der Waals surface area contributed by atoms with Gasteiger partial charge in [-0.15, -0.1) is 0 Å². The number of nitrogens with two attached hydrogens (primary N) is 1. The average molecular weight is 241 g/mol. The molecular formula is C11H19N3O3. The maximum absolute atomic E-state index is 11.6. The topological polar surface area (TPSA) is 90.2 Å². The van der Waals surface area contributed by atoms with Crippen LogP contribution in [0.5, 0.6) is 0 Å². The molecule has 0 saturated carbocycles. The first kappa shape index (κ1) is 13.7. The molecule has 6 heteroatoms. The molecule has 0 saturated heterocycles. The van der Waals surface area contributed by atoms with E-state index in [1.807, 2.05) is 6.92 Å². The predicted octanol–water partition coefficient (Wildman–Crippen LogP) is 0.248. The Balaban J connectivity index is 2.31. The Hall–Kier alpha value is -1.40. The Morgan fingerprint density at radius 1 is 1.65 bits per heavy atom. The summed E-state index contributed by atoms with van der Waals surface area (Å²) in [5, 5.41) is 0. The molecule has 1 unspecified atom stereocenters. The summed E-state index contributed by atoms with van der Waals surface area (Å²) >= 11 is 0. The highest BCUT2D eigenvalue weighted by Gasteiger charge is 2.18. The zero-order chi connectivity index (χ0) is 12.7.